The average Bonchev–Trinajstić information content (AvgIpc) is 2.83. The van der Waals surface area contributed by atoms with Crippen LogP contribution in [0.25, 0.3) is 16.7 Å². The Labute approximate surface area is 126 Å². The summed E-state index contributed by atoms with van der Waals surface area (Å²) in [5.41, 5.74) is 3.14. The molecule has 1 heterocycles. The van der Waals surface area contributed by atoms with Crippen molar-refractivity contribution in [2.45, 2.75) is 19.2 Å². The second-order valence-corrected chi connectivity index (χ2v) is 5.62. The van der Waals surface area contributed by atoms with Crippen molar-refractivity contribution in [2.75, 3.05) is 0 Å². The van der Waals surface area contributed by atoms with Crippen LogP contribution in [-0.2, 0) is 0 Å². The third-order valence-corrected chi connectivity index (χ3v) is 3.63. The fourth-order valence-electron chi connectivity index (χ4n) is 2.42. The summed E-state index contributed by atoms with van der Waals surface area (Å²) < 4.78 is 28.5. The summed E-state index contributed by atoms with van der Waals surface area (Å²) in [6, 6.07) is 9.52. The van der Waals surface area contributed by atoms with E-state index in [1.807, 2.05) is 25.1 Å². The maximum atomic E-state index is 13.5. The molecule has 0 bridgehead atoms. The fourth-order valence-corrected chi connectivity index (χ4v) is 2.57. The highest BCUT2D eigenvalue weighted by molar-refractivity contribution is 6.20. The van der Waals surface area contributed by atoms with Crippen molar-refractivity contribution in [3.05, 3.63) is 59.4 Å². The van der Waals surface area contributed by atoms with Crippen molar-refractivity contribution in [3.63, 3.8) is 0 Å². The number of hydrogen-bond acceptors (Lipinski definition) is 1. The Morgan fingerprint density at radius 1 is 1.14 bits per heavy atom. The van der Waals surface area contributed by atoms with Crippen LogP contribution < -0.4 is 0 Å². The van der Waals surface area contributed by atoms with Crippen molar-refractivity contribution < 1.29 is 8.78 Å². The molecule has 0 aliphatic heterocycles. The van der Waals surface area contributed by atoms with Crippen LogP contribution in [0.2, 0.25) is 0 Å². The molecule has 0 spiro atoms. The zero-order chi connectivity index (χ0) is 15.1. The Hall–Kier alpha value is -1.94. The van der Waals surface area contributed by atoms with Gasteiger partial charge in [0.15, 0.2) is 11.6 Å². The van der Waals surface area contributed by atoms with Gasteiger partial charge in [0.2, 0.25) is 0 Å². The van der Waals surface area contributed by atoms with E-state index in [0.29, 0.717) is 11.5 Å². The summed E-state index contributed by atoms with van der Waals surface area (Å²) >= 11 is 6.20. The van der Waals surface area contributed by atoms with E-state index in [4.69, 9.17) is 11.6 Å². The van der Waals surface area contributed by atoms with Crippen LogP contribution in [0.4, 0.5) is 8.78 Å². The number of alkyl halides is 1. The smallest absolute Gasteiger partial charge is 0.160 e. The quantitative estimate of drug-likeness (QED) is 0.615. The van der Waals surface area contributed by atoms with Crippen molar-refractivity contribution >= 4 is 22.6 Å². The maximum absolute atomic E-state index is 13.5. The van der Waals surface area contributed by atoms with Crippen molar-refractivity contribution in [1.29, 1.82) is 0 Å². The van der Waals surface area contributed by atoms with Crippen molar-refractivity contribution in [2.24, 2.45) is 0 Å². The Morgan fingerprint density at radius 2 is 1.90 bits per heavy atom. The number of aromatic nitrogens is 2. The Balaban J connectivity index is 2.36. The lowest BCUT2D eigenvalue weighted by atomic mass is 10.2. The van der Waals surface area contributed by atoms with Crippen LogP contribution in [-0.4, -0.2) is 9.55 Å². The number of halogens is 3. The summed E-state index contributed by atoms with van der Waals surface area (Å²) in [5, 5.41) is -0.357. The maximum Gasteiger partial charge on any atom is 0.160 e. The second-order valence-electron chi connectivity index (χ2n) is 4.96. The molecule has 2 aromatic carbocycles. The minimum atomic E-state index is -0.893. The molecule has 1 unspecified atom stereocenters. The molecule has 0 aliphatic carbocycles. The first-order valence-corrected chi connectivity index (χ1v) is 7.00. The number of nitrogens with zero attached hydrogens (tertiary/aromatic N) is 2. The molecule has 3 rings (SSSR count). The monoisotopic (exact) mass is 306 g/mol. The largest absolute Gasteiger partial charge is 0.295 e. The lowest BCUT2D eigenvalue weighted by Crippen LogP contribution is -2.02. The van der Waals surface area contributed by atoms with E-state index in [-0.39, 0.29) is 5.38 Å². The molecule has 2 nitrogen and oxygen atoms in total. The lowest BCUT2D eigenvalue weighted by Gasteiger charge is -2.11. The van der Waals surface area contributed by atoms with Gasteiger partial charge in [0, 0.05) is 6.07 Å². The first-order chi connectivity index (χ1) is 9.99. The van der Waals surface area contributed by atoms with Gasteiger partial charge in [-0.15, -0.1) is 11.6 Å². The van der Waals surface area contributed by atoms with Gasteiger partial charge in [-0.25, -0.2) is 13.8 Å². The van der Waals surface area contributed by atoms with Crippen molar-refractivity contribution in [3.8, 4) is 5.69 Å². The molecule has 1 atom stereocenters. The van der Waals surface area contributed by atoms with Crippen LogP contribution >= 0.6 is 11.6 Å². The molecule has 0 saturated carbocycles. The third-order valence-electron chi connectivity index (χ3n) is 3.43. The SMILES string of the molecule is Cc1cccc2c1nc(C(C)Cl)n2-c1ccc(F)c(F)c1. The van der Waals surface area contributed by atoms with Gasteiger partial charge < -0.3 is 0 Å². The van der Waals surface area contributed by atoms with Gasteiger partial charge in [0.05, 0.1) is 22.1 Å². The molecule has 0 N–H and O–H groups in total. The Bertz CT molecular complexity index is 825. The van der Waals surface area contributed by atoms with Gasteiger partial charge in [0.1, 0.15) is 5.82 Å². The summed E-state index contributed by atoms with van der Waals surface area (Å²) in [4.78, 5) is 4.56. The number of fused-ring (bicyclic) bond motifs is 1. The van der Waals surface area contributed by atoms with Crippen LogP contribution in [0.5, 0.6) is 0 Å². The highest BCUT2D eigenvalue weighted by atomic mass is 35.5. The lowest BCUT2D eigenvalue weighted by molar-refractivity contribution is 0.508. The van der Waals surface area contributed by atoms with Gasteiger partial charge in [0.25, 0.3) is 0 Å². The highest BCUT2D eigenvalue weighted by Gasteiger charge is 2.18. The van der Waals surface area contributed by atoms with Gasteiger partial charge in [-0.2, -0.15) is 0 Å². The molecular formula is C16H13ClF2N2. The molecule has 0 saturated heterocycles. The van der Waals surface area contributed by atoms with Gasteiger partial charge in [-0.05, 0) is 37.6 Å². The Morgan fingerprint density at radius 3 is 2.57 bits per heavy atom. The molecule has 3 aromatic rings. The zero-order valence-electron chi connectivity index (χ0n) is 11.6. The van der Waals surface area contributed by atoms with E-state index in [1.54, 1.807) is 11.5 Å². The first kappa shape index (κ1) is 14.0. The van der Waals surface area contributed by atoms with Crippen LogP contribution in [0.1, 0.15) is 23.7 Å². The summed E-state index contributed by atoms with van der Waals surface area (Å²) in [5.74, 6) is -1.16. The van der Waals surface area contributed by atoms with E-state index in [2.05, 4.69) is 4.98 Å². The minimum absolute atomic E-state index is 0.357. The van der Waals surface area contributed by atoms with E-state index in [0.717, 1.165) is 28.7 Å². The highest BCUT2D eigenvalue weighted by Crippen LogP contribution is 2.30. The van der Waals surface area contributed by atoms with Crippen LogP contribution in [0.3, 0.4) is 0 Å². The second kappa shape index (κ2) is 5.11. The molecule has 5 heteroatoms. The molecule has 1 aromatic heterocycles. The molecular weight excluding hydrogens is 294 g/mol. The molecule has 0 amide bonds. The summed E-state index contributed by atoms with van der Waals surface area (Å²) in [6.45, 7) is 3.75. The van der Waals surface area contributed by atoms with E-state index < -0.39 is 11.6 Å². The predicted octanol–water partition coefficient (Wildman–Crippen LogP) is 4.91. The number of para-hydroxylation sites is 1. The number of rotatable bonds is 2. The standard InChI is InChI=1S/C16H13ClF2N2/c1-9-4-3-5-14-15(9)20-16(10(2)17)21(14)11-6-7-12(18)13(19)8-11/h3-8,10H,1-2H3. The van der Waals surface area contributed by atoms with Gasteiger partial charge in [-0.3, -0.25) is 4.57 Å². The predicted molar refractivity (Wildman–Crippen MR) is 80.0 cm³/mol. The van der Waals surface area contributed by atoms with Crippen LogP contribution in [0.15, 0.2) is 36.4 Å². The zero-order valence-corrected chi connectivity index (χ0v) is 12.3. The molecule has 21 heavy (non-hydrogen) atoms. The minimum Gasteiger partial charge on any atom is -0.295 e. The van der Waals surface area contributed by atoms with Gasteiger partial charge in [-0.1, -0.05) is 12.1 Å². The first-order valence-electron chi connectivity index (χ1n) is 6.56. The molecule has 0 fully saturated rings. The average molecular weight is 307 g/mol. The number of hydrogen-bond donors (Lipinski definition) is 0. The number of aryl methyl sites for hydroxylation is 1. The topological polar surface area (TPSA) is 17.8 Å². The molecule has 108 valence electrons. The van der Waals surface area contributed by atoms with Crippen LogP contribution in [0, 0.1) is 18.6 Å². The third kappa shape index (κ3) is 2.29. The van der Waals surface area contributed by atoms with Crippen molar-refractivity contribution in [1.82, 2.24) is 9.55 Å². The van der Waals surface area contributed by atoms with E-state index in [1.165, 1.54) is 6.07 Å². The fraction of sp³-hybridized carbons (Fsp3) is 0.188. The Kier molecular flexibility index (Phi) is 3.41. The normalized spacial score (nSPS) is 12.8. The number of imidazole rings is 1. The molecule has 0 radical (unpaired) electrons. The molecule has 0 aliphatic rings. The van der Waals surface area contributed by atoms with Gasteiger partial charge >= 0.3 is 0 Å². The van der Waals surface area contributed by atoms with E-state index in [9.17, 15) is 8.78 Å². The summed E-state index contributed by atoms with van der Waals surface area (Å²) in [6.07, 6.45) is 0. The summed E-state index contributed by atoms with van der Waals surface area (Å²) in [7, 11) is 0. The number of benzene rings is 2. The van der Waals surface area contributed by atoms with E-state index >= 15 is 0 Å².